The van der Waals surface area contributed by atoms with Crippen molar-refractivity contribution in [3.63, 3.8) is 0 Å². The van der Waals surface area contributed by atoms with Gasteiger partial charge in [-0.25, -0.2) is 4.98 Å². The van der Waals surface area contributed by atoms with Crippen LogP contribution in [-0.4, -0.2) is 20.2 Å². The number of benzene rings is 1. The van der Waals surface area contributed by atoms with E-state index in [2.05, 4.69) is 20.2 Å². The number of nitrogens with one attached hydrogen (secondary N) is 1. The molecule has 0 saturated heterocycles. The van der Waals surface area contributed by atoms with Crippen LogP contribution in [0.15, 0.2) is 30.0 Å². The van der Waals surface area contributed by atoms with Gasteiger partial charge in [-0.1, -0.05) is 17.4 Å². The topological polar surface area (TPSA) is 54.5 Å². The van der Waals surface area contributed by atoms with Gasteiger partial charge in [-0.2, -0.15) is 0 Å². The molecule has 0 atom stereocenters. The molecule has 1 N–H and O–H groups in total. The highest BCUT2D eigenvalue weighted by Crippen LogP contribution is 2.26. The first-order valence-corrected chi connectivity index (χ1v) is 5.02. The van der Waals surface area contributed by atoms with Crippen molar-refractivity contribution in [2.24, 2.45) is 0 Å². The molecule has 14 heavy (non-hydrogen) atoms. The molecule has 0 radical (unpaired) electrons. The number of aromatic nitrogens is 4. The maximum atomic E-state index is 4.26. The van der Waals surface area contributed by atoms with Crippen molar-refractivity contribution in [2.75, 3.05) is 0 Å². The quantitative estimate of drug-likeness (QED) is 0.657. The van der Waals surface area contributed by atoms with Crippen molar-refractivity contribution in [3.05, 3.63) is 30.0 Å². The van der Waals surface area contributed by atoms with Gasteiger partial charge in [-0.05, 0) is 12.1 Å². The maximum Gasteiger partial charge on any atom is 0.149 e. The maximum absolute atomic E-state index is 4.26. The zero-order chi connectivity index (χ0) is 9.38. The lowest BCUT2D eigenvalue weighted by Gasteiger charge is -1.95. The van der Waals surface area contributed by atoms with E-state index in [4.69, 9.17) is 0 Å². The van der Waals surface area contributed by atoms with Crippen LogP contribution < -0.4 is 0 Å². The molecule has 0 bridgehead atoms. The lowest BCUT2D eigenvalue weighted by molar-refractivity contribution is 1.10. The van der Waals surface area contributed by atoms with E-state index >= 15 is 0 Å². The minimum atomic E-state index is 0.905. The van der Waals surface area contributed by atoms with E-state index in [1.54, 1.807) is 11.8 Å². The van der Waals surface area contributed by atoms with E-state index in [1.807, 2.05) is 18.2 Å². The van der Waals surface area contributed by atoms with Crippen molar-refractivity contribution in [1.29, 1.82) is 0 Å². The Kier molecular flexibility index (Phi) is 1.57. The molecule has 68 valence electrons. The summed E-state index contributed by atoms with van der Waals surface area (Å²) in [6.45, 7) is 0. The predicted molar refractivity (Wildman–Crippen MR) is 55.0 cm³/mol. The van der Waals surface area contributed by atoms with Gasteiger partial charge in [0.05, 0.1) is 17.4 Å². The third-order valence-corrected chi connectivity index (χ3v) is 2.76. The Morgan fingerprint density at radius 3 is 3.14 bits per heavy atom. The fourth-order valence-corrected chi connectivity index (χ4v) is 2.01. The summed E-state index contributed by atoms with van der Waals surface area (Å²) in [5.41, 5.74) is 4.73. The van der Waals surface area contributed by atoms with Gasteiger partial charge in [-0.3, -0.25) is 0 Å². The van der Waals surface area contributed by atoms with Gasteiger partial charge in [0.1, 0.15) is 10.5 Å². The Balaban J connectivity index is 2.36. The van der Waals surface area contributed by atoms with Crippen LogP contribution >= 0.6 is 11.3 Å². The second kappa shape index (κ2) is 2.88. The summed E-state index contributed by atoms with van der Waals surface area (Å²) < 4.78 is 0. The van der Waals surface area contributed by atoms with Gasteiger partial charge < -0.3 is 4.98 Å². The van der Waals surface area contributed by atoms with Crippen molar-refractivity contribution >= 4 is 22.4 Å². The third-order valence-electron chi connectivity index (χ3n) is 2.04. The molecule has 1 aromatic carbocycles. The van der Waals surface area contributed by atoms with Crippen LogP contribution in [0.4, 0.5) is 0 Å². The molecular formula is C9H6N4S. The van der Waals surface area contributed by atoms with Gasteiger partial charge in [0.25, 0.3) is 0 Å². The van der Waals surface area contributed by atoms with Crippen LogP contribution in [0.3, 0.4) is 0 Å². The zero-order valence-electron chi connectivity index (χ0n) is 7.14. The Hall–Kier alpha value is -1.75. The Labute approximate surface area is 83.6 Å². The summed E-state index contributed by atoms with van der Waals surface area (Å²) in [6, 6.07) is 5.98. The molecule has 0 aliphatic rings. The standard InChI is InChI=1S/C9H6N4S/c1-2-6(9-13-12-5-14-9)8-7(3-1)10-4-11-8/h1-5H,(H,10,11). The molecular weight excluding hydrogens is 196 g/mol. The van der Waals surface area contributed by atoms with Crippen molar-refractivity contribution in [2.45, 2.75) is 0 Å². The van der Waals surface area contributed by atoms with Crippen LogP contribution in [-0.2, 0) is 0 Å². The number of imidazole rings is 1. The number of H-pyrrole nitrogens is 1. The fraction of sp³-hybridized carbons (Fsp3) is 0. The van der Waals surface area contributed by atoms with Crippen LogP contribution in [0.1, 0.15) is 0 Å². The van der Waals surface area contributed by atoms with Crippen LogP contribution in [0.5, 0.6) is 0 Å². The highest BCUT2D eigenvalue weighted by Gasteiger charge is 2.07. The summed E-state index contributed by atoms with van der Waals surface area (Å²) >= 11 is 1.52. The first-order valence-electron chi connectivity index (χ1n) is 4.14. The number of hydrogen-bond acceptors (Lipinski definition) is 4. The van der Waals surface area contributed by atoms with E-state index in [1.165, 1.54) is 11.3 Å². The molecule has 0 amide bonds. The Morgan fingerprint density at radius 2 is 2.29 bits per heavy atom. The molecule has 3 aromatic rings. The van der Waals surface area contributed by atoms with Gasteiger partial charge >= 0.3 is 0 Å². The lowest BCUT2D eigenvalue weighted by Crippen LogP contribution is -1.79. The number of aromatic amines is 1. The summed E-state index contributed by atoms with van der Waals surface area (Å²) in [5.74, 6) is 0. The SMILES string of the molecule is c1cc(-c2nncs2)c2nc[nH]c2c1. The molecule has 5 heteroatoms. The van der Waals surface area contributed by atoms with E-state index in [9.17, 15) is 0 Å². The fourth-order valence-electron chi connectivity index (χ4n) is 1.43. The zero-order valence-corrected chi connectivity index (χ0v) is 7.95. The van der Waals surface area contributed by atoms with E-state index in [0.717, 1.165) is 21.6 Å². The Morgan fingerprint density at radius 1 is 1.29 bits per heavy atom. The summed E-state index contributed by atoms with van der Waals surface area (Å²) in [7, 11) is 0. The Bertz CT molecular complexity index is 555. The summed E-state index contributed by atoms with van der Waals surface area (Å²) in [6.07, 6.45) is 1.69. The second-order valence-corrected chi connectivity index (χ2v) is 3.68. The van der Waals surface area contributed by atoms with Crippen LogP contribution in [0.25, 0.3) is 21.6 Å². The monoisotopic (exact) mass is 202 g/mol. The highest BCUT2D eigenvalue weighted by atomic mass is 32.1. The second-order valence-electron chi connectivity index (χ2n) is 2.85. The molecule has 2 heterocycles. The largest absolute Gasteiger partial charge is 0.345 e. The predicted octanol–water partition coefficient (Wildman–Crippen LogP) is 2.08. The van der Waals surface area contributed by atoms with Gasteiger partial charge in [0, 0.05) is 5.56 Å². The number of para-hydroxylation sites is 1. The van der Waals surface area contributed by atoms with Crippen molar-refractivity contribution < 1.29 is 0 Å². The highest BCUT2D eigenvalue weighted by molar-refractivity contribution is 7.12. The molecule has 0 aliphatic carbocycles. The normalized spacial score (nSPS) is 10.9. The van der Waals surface area contributed by atoms with Gasteiger partial charge in [0.15, 0.2) is 0 Å². The minimum absolute atomic E-state index is 0.905. The van der Waals surface area contributed by atoms with E-state index < -0.39 is 0 Å². The molecule has 4 nitrogen and oxygen atoms in total. The molecule has 3 rings (SSSR count). The van der Waals surface area contributed by atoms with Crippen LogP contribution in [0, 0.1) is 0 Å². The van der Waals surface area contributed by atoms with Gasteiger partial charge in [0.2, 0.25) is 0 Å². The first kappa shape index (κ1) is 7.64. The molecule has 0 spiro atoms. The smallest absolute Gasteiger partial charge is 0.149 e. The minimum Gasteiger partial charge on any atom is -0.345 e. The van der Waals surface area contributed by atoms with Crippen molar-refractivity contribution in [3.8, 4) is 10.6 Å². The molecule has 0 fully saturated rings. The van der Waals surface area contributed by atoms with Crippen molar-refractivity contribution in [1.82, 2.24) is 20.2 Å². The average Bonchev–Trinajstić information content (AvgIpc) is 2.88. The summed E-state index contributed by atoms with van der Waals surface area (Å²) in [4.78, 5) is 7.33. The number of rotatable bonds is 1. The third kappa shape index (κ3) is 1.03. The number of fused-ring (bicyclic) bond motifs is 1. The van der Waals surface area contributed by atoms with E-state index in [0.29, 0.717) is 0 Å². The average molecular weight is 202 g/mol. The van der Waals surface area contributed by atoms with E-state index in [-0.39, 0.29) is 0 Å². The number of hydrogen-bond donors (Lipinski definition) is 1. The molecule has 2 aromatic heterocycles. The summed E-state index contributed by atoms with van der Waals surface area (Å²) in [5, 5.41) is 8.76. The van der Waals surface area contributed by atoms with Gasteiger partial charge in [-0.15, -0.1) is 10.2 Å². The molecule has 0 aliphatic heterocycles. The molecule has 0 unspecified atom stereocenters. The molecule has 0 saturated carbocycles. The number of nitrogens with zero attached hydrogens (tertiary/aromatic N) is 3. The van der Waals surface area contributed by atoms with Crippen LogP contribution in [0.2, 0.25) is 0 Å². The first-order chi connectivity index (χ1) is 6.95. The lowest BCUT2D eigenvalue weighted by atomic mass is 10.2.